The lowest BCUT2D eigenvalue weighted by molar-refractivity contribution is 0.172. The molecule has 0 radical (unpaired) electrons. The fourth-order valence-corrected chi connectivity index (χ4v) is 2.61. The Balaban J connectivity index is 2.29. The molecule has 0 bridgehead atoms. The predicted molar refractivity (Wildman–Crippen MR) is 64.2 cm³/mol. The third kappa shape index (κ3) is 2.60. The maximum Gasteiger partial charge on any atom is 0.331 e. The molecule has 1 aliphatic rings. The highest BCUT2D eigenvalue weighted by atomic mass is 16.3. The Morgan fingerprint density at radius 1 is 1.35 bits per heavy atom. The van der Waals surface area contributed by atoms with Crippen LogP contribution in [0.4, 0.5) is 0 Å². The number of aromatic nitrogens is 2. The summed E-state index contributed by atoms with van der Waals surface area (Å²) in [4.78, 5) is 24.8. The van der Waals surface area contributed by atoms with Crippen LogP contribution < -0.4 is 11.2 Å². The van der Waals surface area contributed by atoms with Crippen LogP contribution in [0, 0.1) is 5.41 Å². The summed E-state index contributed by atoms with van der Waals surface area (Å²) >= 11 is 0. The number of rotatable bonds is 2. The van der Waals surface area contributed by atoms with Gasteiger partial charge in [0.1, 0.15) is 0 Å². The monoisotopic (exact) mass is 238 g/mol. The fourth-order valence-electron chi connectivity index (χ4n) is 2.61. The molecule has 0 aromatic carbocycles. The van der Waals surface area contributed by atoms with Gasteiger partial charge in [-0.25, -0.2) is 4.79 Å². The van der Waals surface area contributed by atoms with Crippen LogP contribution in [-0.2, 0) is 6.54 Å². The third-order valence-corrected chi connectivity index (χ3v) is 3.61. The van der Waals surface area contributed by atoms with Gasteiger partial charge in [0.2, 0.25) is 5.88 Å². The highest BCUT2D eigenvalue weighted by Gasteiger charge is 2.28. The van der Waals surface area contributed by atoms with Gasteiger partial charge in [-0.2, -0.15) is 0 Å². The zero-order chi connectivity index (χ0) is 12.5. The number of aromatic hydroxyl groups is 1. The van der Waals surface area contributed by atoms with Gasteiger partial charge in [0.15, 0.2) is 0 Å². The van der Waals surface area contributed by atoms with Gasteiger partial charge in [-0.1, -0.05) is 26.2 Å². The van der Waals surface area contributed by atoms with E-state index in [9.17, 15) is 14.7 Å². The Kier molecular flexibility index (Phi) is 3.09. The van der Waals surface area contributed by atoms with E-state index in [4.69, 9.17) is 0 Å². The molecule has 1 aromatic heterocycles. The van der Waals surface area contributed by atoms with Crippen molar-refractivity contribution in [2.24, 2.45) is 5.41 Å². The van der Waals surface area contributed by atoms with Gasteiger partial charge in [-0.3, -0.25) is 14.3 Å². The highest BCUT2D eigenvalue weighted by molar-refractivity contribution is 5.06. The summed E-state index contributed by atoms with van der Waals surface area (Å²) in [6, 6.07) is 1.05. The molecule has 0 aliphatic heterocycles. The fraction of sp³-hybridized carbons (Fsp3) is 0.667. The van der Waals surface area contributed by atoms with Gasteiger partial charge in [-0.05, 0) is 18.3 Å². The molecule has 1 fully saturated rings. The summed E-state index contributed by atoms with van der Waals surface area (Å²) in [5.74, 6) is -0.245. The van der Waals surface area contributed by atoms with Gasteiger partial charge in [0.05, 0.1) is 6.07 Å². The van der Waals surface area contributed by atoms with E-state index in [1.807, 2.05) is 0 Å². The van der Waals surface area contributed by atoms with E-state index in [0.29, 0.717) is 6.54 Å². The van der Waals surface area contributed by atoms with E-state index in [2.05, 4.69) is 11.9 Å². The number of nitrogens with one attached hydrogen (secondary N) is 1. The van der Waals surface area contributed by atoms with Crippen LogP contribution in [0.25, 0.3) is 0 Å². The van der Waals surface area contributed by atoms with E-state index >= 15 is 0 Å². The van der Waals surface area contributed by atoms with E-state index in [1.54, 1.807) is 0 Å². The molecular weight excluding hydrogens is 220 g/mol. The van der Waals surface area contributed by atoms with Crippen LogP contribution >= 0.6 is 0 Å². The molecule has 94 valence electrons. The second-order valence-electron chi connectivity index (χ2n) is 5.25. The lowest BCUT2D eigenvalue weighted by Crippen LogP contribution is -2.35. The summed E-state index contributed by atoms with van der Waals surface area (Å²) in [5, 5.41) is 9.66. The highest BCUT2D eigenvalue weighted by Crippen LogP contribution is 2.37. The van der Waals surface area contributed by atoms with Crippen LogP contribution in [0.5, 0.6) is 5.88 Å². The summed E-state index contributed by atoms with van der Waals surface area (Å²) in [6.07, 6.45) is 5.67. The molecule has 0 spiro atoms. The van der Waals surface area contributed by atoms with Crippen LogP contribution in [0.3, 0.4) is 0 Å². The first-order valence-electron chi connectivity index (χ1n) is 6.03. The minimum Gasteiger partial charge on any atom is -0.494 e. The summed E-state index contributed by atoms with van der Waals surface area (Å²) in [6.45, 7) is 2.59. The molecule has 5 heteroatoms. The lowest BCUT2D eigenvalue weighted by atomic mass is 9.75. The Morgan fingerprint density at radius 2 is 2.00 bits per heavy atom. The van der Waals surface area contributed by atoms with Crippen LogP contribution in [0.2, 0.25) is 0 Å². The second kappa shape index (κ2) is 4.39. The minimum atomic E-state index is -0.558. The molecule has 1 aromatic rings. The maximum absolute atomic E-state index is 11.6. The second-order valence-corrected chi connectivity index (χ2v) is 5.25. The van der Waals surface area contributed by atoms with Crippen LogP contribution in [-0.4, -0.2) is 14.7 Å². The smallest absolute Gasteiger partial charge is 0.331 e. The molecule has 2 N–H and O–H groups in total. The van der Waals surface area contributed by atoms with Crippen molar-refractivity contribution in [2.45, 2.75) is 45.6 Å². The van der Waals surface area contributed by atoms with Crippen molar-refractivity contribution < 1.29 is 5.11 Å². The standard InChI is InChI=1S/C12H18N2O3/c1-12(5-3-2-4-6-12)8-14-10(16)7-9(15)13-11(14)17/h7,16H,2-6,8H2,1H3,(H,13,15,17). The van der Waals surface area contributed by atoms with Crippen molar-refractivity contribution in [2.75, 3.05) is 0 Å². The zero-order valence-corrected chi connectivity index (χ0v) is 10.0. The minimum absolute atomic E-state index is 0.0395. The van der Waals surface area contributed by atoms with E-state index in [0.717, 1.165) is 31.7 Å². The molecule has 17 heavy (non-hydrogen) atoms. The Bertz CT molecular complexity index is 509. The quantitative estimate of drug-likeness (QED) is 0.813. The first-order valence-corrected chi connectivity index (χ1v) is 6.03. The van der Waals surface area contributed by atoms with Crippen molar-refractivity contribution in [3.8, 4) is 5.88 Å². The maximum atomic E-state index is 11.6. The van der Waals surface area contributed by atoms with Crippen LogP contribution in [0.15, 0.2) is 15.7 Å². The van der Waals surface area contributed by atoms with E-state index in [-0.39, 0.29) is 11.3 Å². The van der Waals surface area contributed by atoms with Crippen molar-refractivity contribution in [1.29, 1.82) is 0 Å². The molecule has 1 aliphatic carbocycles. The summed E-state index contributed by atoms with van der Waals surface area (Å²) < 4.78 is 1.26. The number of hydrogen-bond acceptors (Lipinski definition) is 3. The van der Waals surface area contributed by atoms with Gasteiger partial charge in [0, 0.05) is 6.54 Å². The topological polar surface area (TPSA) is 75.1 Å². The largest absolute Gasteiger partial charge is 0.494 e. The SMILES string of the molecule is CC1(Cn2c(O)cc(=O)[nH]c2=O)CCCCC1. The average molecular weight is 238 g/mol. The lowest BCUT2D eigenvalue weighted by Gasteiger charge is -2.34. The molecular formula is C12H18N2O3. The molecule has 1 saturated carbocycles. The molecule has 5 nitrogen and oxygen atoms in total. The van der Waals surface area contributed by atoms with Crippen molar-refractivity contribution in [1.82, 2.24) is 9.55 Å². The van der Waals surface area contributed by atoms with Crippen molar-refractivity contribution in [3.63, 3.8) is 0 Å². The molecule has 1 heterocycles. The molecule has 0 amide bonds. The third-order valence-electron chi connectivity index (χ3n) is 3.61. The van der Waals surface area contributed by atoms with Gasteiger partial charge >= 0.3 is 5.69 Å². The van der Waals surface area contributed by atoms with Crippen LogP contribution in [0.1, 0.15) is 39.0 Å². The van der Waals surface area contributed by atoms with Gasteiger partial charge in [-0.15, -0.1) is 0 Å². The van der Waals surface area contributed by atoms with E-state index < -0.39 is 11.2 Å². The summed E-state index contributed by atoms with van der Waals surface area (Å²) in [7, 11) is 0. The number of aromatic amines is 1. The summed E-state index contributed by atoms with van der Waals surface area (Å²) in [5.41, 5.74) is -1.04. The normalized spacial score (nSPS) is 19.1. The molecule has 0 saturated heterocycles. The Hall–Kier alpha value is -1.52. The van der Waals surface area contributed by atoms with Gasteiger partial charge < -0.3 is 5.11 Å². The first-order chi connectivity index (χ1) is 8.00. The van der Waals surface area contributed by atoms with E-state index in [1.165, 1.54) is 11.0 Å². The molecule has 0 unspecified atom stereocenters. The zero-order valence-electron chi connectivity index (χ0n) is 10.0. The predicted octanol–water partition coefficient (Wildman–Crippen LogP) is 1.21. The molecule has 2 rings (SSSR count). The number of nitrogens with zero attached hydrogens (tertiary/aromatic N) is 1. The number of hydrogen-bond donors (Lipinski definition) is 2. The van der Waals surface area contributed by atoms with Crippen molar-refractivity contribution >= 4 is 0 Å². The van der Waals surface area contributed by atoms with Gasteiger partial charge in [0.25, 0.3) is 5.56 Å². The average Bonchev–Trinajstić information content (AvgIpc) is 2.24. The molecule has 0 atom stereocenters. The Morgan fingerprint density at radius 3 is 2.59 bits per heavy atom. The number of H-pyrrole nitrogens is 1. The Labute approximate surface area is 99.1 Å². The van der Waals surface area contributed by atoms with Crippen molar-refractivity contribution in [3.05, 3.63) is 26.9 Å². The first kappa shape index (κ1) is 12.0.